The zero-order valence-corrected chi connectivity index (χ0v) is 10.1. The Morgan fingerprint density at radius 3 is 2.87 bits per heavy atom. The minimum atomic E-state index is 0.252. The van der Waals surface area contributed by atoms with Crippen molar-refractivity contribution < 1.29 is 9.84 Å². The lowest BCUT2D eigenvalue weighted by molar-refractivity contribution is 0.370. The van der Waals surface area contributed by atoms with Crippen LogP contribution in [-0.2, 0) is 0 Å². The minimum absolute atomic E-state index is 0.252. The van der Waals surface area contributed by atoms with Gasteiger partial charge in [-0.15, -0.1) is 0 Å². The van der Waals surface area contributed by atoms with Gasteiger partial charge in [0.05, 0.1) is 7.11 Å². The van der Waals surface area contributed by atoms with Gasteiger partial charge in [-0.05, 0) is 36.9 Å². The van der Waals surface area contributed by atoms with Crippen LogP contribution in [-0.4, -0.2) is 18.8 Å². The van der Waals surface area contributed by atoms with Gasteiger partial charge in [0.1, 0.15) is 0 Å². The van der Waals surface area contributed by atoms with Crippen LogP contribution >= 0.6 is 15.9 Å². The molecule has 0 aliphatic heterocycles. The largest absolute Gasteiger partial charge is 0.504 e. The molecule has 1 aromatic rings. The Morgan fingerprint density at radius 1 is 1.60 bits per heavy atom. The fourth-order valence-corrected chi connectivity index (χ4v) is 2.38. The molecule has 3 nitrogen and oxygen atoms in total. The van der Waals surface area contributed by atoms with Crippen LogP contribution in [0.1, 0.15) is 17.9 Å². The van der Waals surface area contributed by atoms with Crippen molar-refractivity contribution in [3.05, 3.63) is 22.2 Å². The summed E-state index contributed by atoms with van der Waals surface area (Å²) < 4.78 is 6.03. The molecule has 0 aromatic heterocycles. The zero-order valence-electron chi connectivity index (χ0n) is 8.53. The first-order valence-electron chi connectivity index (χ1n) is 4.93. The molecule has 3 N–H and O–H groups in total. The summed E-state index contributed by atoms with van der Waals surface area (Å²) in [7, 11) is 1.55. The van der Waals surface area contributed by atoms with E-state index in [2.05, 4.69) is 15.9 Å². The van der Waals surface area contributed by atoms with Gasteiger partial charge in [-0.2, -0.15) is 0 Å². The topological polar surface area (TPSA) is 55.5 Å². The second-order valence-electron chi connectivity index (χ2n) is 3.88. The van der Waals surface area contributed by atoms with Crippen molar-refractivity contribution in [3.63, 3.8) is 0 Å². The Kier molecular flexibility index (Phi) is 2.89. The lowest BCUT2D eigenvalue weighted by Crippen LogP contribution is -2.02. The summed E-state index contributed by atoms with van der Waals surface area (Å²) in [5.41, 5.74) is 6.54. The Balaban J connectivity index is 2.35. The zero-order chi connectivity index (χ0) is 11.0. The normalized spacial score (nSPS) is 23.9. The number of phenolic OH excluding ortho intramolecular Hbond substituents is 1. The highest BCUT2D eigenvalue weighted by atomic mass is 79.9. The Morgan fingerprint density at radius 2 is 2.33 bits per heavy atom. The smallest absolute Gasteiger partial charge is 0.161 e. The van der Waals surface area contributed by atoms with E-state index >= 15 is 0 Å². The molecule has 1 aliphatic rings. The number of phenols is 1. The van der Waals surface area contributed by atoms with Crippen molar-refractivity contribution in [1.82, 2.24) is 0 Å². The number of ether oxygens (including phenoxy) is 1. The van der Waals surface area contributed by atoms with E-state index in [-0.39, 0.29) is 5.75 Å². The maximum atomic E-state index is 9.95. The molecule has 0 spiro atoms. The Labute approximate surface area is 97.4 Å². The number of nitrogens with two attached hydrogens (primary N) is 1. The first kappa shape index (κ1) is 10.8. The van der Waals surface area contributed by atoms with Crippen LogP contribution in [0.2, 0.25) is 0 Å². The number of aromatic hydroxyl groups is 1. The number of hydrogen-bond donors (Lipinski definition) is 2. The quantitative estimate of drug-likeness (QED) is 0.887. The fraction of sp³-hybridized carbons (Fsp3) is 0.455. The first-order chi connectivity index (χ1) is 7.17. The molecule has 0 unspecified atom stereocenters. The van der Waals surface area contributed by atoms with E-state index in [1.165, 1.54) is 0 Å². The molecular formula is C11H14BrNO2. The number of methoxy groups -OCH3 is 1. The van der Waals surface area contributed by atoms with Crippen LogP contribution in [0, 0.1) is 5.92 Å². The molecule has 0 amide bonds. The molecule has 0 heterocycles. The van der Waals surface area contributed by atoms with Crippen molar-refractivity contribution in [1.29, 1.82) is 0 Å². The lowest BCUT2D eigenvalue weighted by atomic mass is 10.1. The molecule has 4 heteroatoms. The SMILES string of the molecule is COc1cc(Br)cc([C@@H]2C[C@H]2CN)c1O. The number of hydrogen-bond acceptors (Lipinski definition) is 3. The number of benzene rings is 1. The molecule has 0 radical (unpaired) electrons. The summed E-state index contributed by atoms with van der Waals surface area (Å²) in [6.45, 7) is 0.679. The highest BCUT2D eigenvalue weighted by Gasteiger charge is 2.39. The van der Waals surface area contributed by atoms with Crippen LogP contribution in [0.25, 0.3) is 0 Å². The molecule has 1 fully saturated rings. The standard InChI is InChI=1S/C11H14BrNO2/c1-15-10-4-7(12)3-9(11(10)14)8-2-6(8)5-13/h3-4,6,8,14H,2,5,13H2,1H3/t6-,8+/m0/s1. The molecule has 1 saturated carbocycles. The minimum Gasteiger partial charge on any atom is -0.504 e. The molecule has 1 aromatic carbocycles. The molecule has 0 saturated heterocycles. The van der Waals surface area contributed by atoms with E-state index in [0.29, 0.717) is 24.1 Å². The van der Waals surface area contributed by atoms with Gasteiger partial charge in [-0.1, -0.05) is 15.9 Å². The molecule has 15 heavy (non-hydrogen) atoms. The van der Waals surface area contributed by atoms with Crippen molar-refractivity contribution in [2.45, 2.75) is 12.3 Å². The van der Waals surface area contributed by atoms with Gasteiger partial charge in [-0.25, -0.2) is 0 Å². The van der Waals surface area contributed by atoms with Gasteiger partial charge in [0.25, 0.3) is 0 Å². The highest BCUT2D eigenvalue weighted by Crippen LogP contribution is 2.52. The van der Waals surface area contributed by atoms with E-state index in [4.69, 9.17) is 10.5 Å². The molecule has 1 aliphatic carbocycles. The maximum Gasteiger partial charge on any atom is 0.161 e. The Bertz CT molecular complexity index is 381. The van der Waals surface area contributed by atoms with E-state index in [0.717, 1.165) is 16.5 Å². The van der Waals surface area contributed by atoms with Crippen molar-refractivity contribution >= 4 is 15.9 Å². The van der Waals surface area contributed by atoms with Crippen molar-refractivity contribution in [2.75, 3.05) is 13.7 Å². The van der Waals surface area contributed by atoms with Crippen LogP contribution in [0.5, 0.6) is 11.5 Å². The van der Waals surface area contributed by atoms with Gasteiger partial charge in [-0.3, -0.25) is 0 Å². The third-order valence-electron chi connectivity index (χ3n) is 2.91. The fourth-order valence-electron chi connectivity index (χ4n) is 1.92. The monoisotopic (exact) mass is 271 g/mol. The second-order valence-corrected chi connectivity index (χ2v) is 4.80. The van der Waals surface area contributed by atoms with E-state index in [1.54, 1.807) is 13.2 Å². The van der Waals surface area contributed by atoms with Crippen LogP contribution in [0.3, 0.4) is 0 Å². The van der Waals surface area contributed by atoms with Crippen LogP contribution < -0.4 is 10.5 Å². The second kappa shape index (κ2) is 4.02. The Hall–Kier alpha value is -0.740. The van der Waals surface area contributed by atoms with Gasteiger partial charge in [0.15, 0.2) is 11.5 Å². The van der Waals surface area contributed by atoms with Crippen LogP contribution in [0.4, 0.5) is 0 Å². The summed E-state index contributed by atoms with van der Waals surface area (Å²) >= 11 is 3.40. The summed E-state index contributed by atoms with van der Waals surface area (Å²) in [4.78, 5) is 0. The number of rotatable bonds is 3. The van der Waals surface area contributed by atoms with Crippen LogP contribution in [0.15, 0.2) is 16.6 Å². The van der Waals surface area contributed by atoms with Gasteiger partial charge >= 0.3 is 0 Å². The third-order valence-corrected chi connectivity index (χ3v) is 3.37. The summed E-state index contributed by atoms with van der Waals surface area (Å²) in [6.07, 6.45) is 1.06. The van der Waals surface area contributed by atoms with Gasteiger partial charge in [0.2, 0.25) is 0 Å². The summed E-state index contributed by atoms with van der Waals surface area (Å²) in [6, 6.07) is 3.71. The maximum absolute atomic E-state index is 9.95. The third kappa shape index (κ3) is 1.96. The van der Waals surface area contributed by atoms with Gasteiger partial charge < -0.3 is 15.6 Å². The molecule has 82 valence electrons. The average molecular weight is 272 g/mol. The number of halogens is 1. The van der Waals surface area contributed by atoms with E-state index in [1.807, 2.05) is 6.07 Å². The molecular weight excluding hydrogens is 258 g/mol. The first-order valence-corrected chi connectivity index (χ1v) is 5.73. The van der Waals surface area contributed by atoms with Crippen molar-refractivity contribution in [3.8, 4) is 11.5 Å². The van der Waals surface area contributed by atoms with E-state index in [9.17, 15) is 5.11 Å². The average Bonchev–Trinajstić information content (AvgIpc) is 3.00. The lowest BCUT2D eigenvalue weighted by Gasteiger charge is -2.09. The molecule has 2 atom stereocenters. The molecule has 0 bridgehead atoms. The highest BCUT2D eigenvalue weighted by molar-refractivity contribution is 9.10. The van der Waals surface area contributed by atoms with E-state index < -0.39 is 0 Å². The predicted octanol–water partition coefficient (Wildman–Crippen LogP) is 2.23. The molecule has 2 rings (SSSR count). The van der Waals surface area contributed by atoms with Crippen molar-refractivity contribution in [2.24, 2.45) is 11.7 Å². The predicted molar refractivity (Wildman–Crippen MR) is 62.3 cm³/mol. The van der Waals surface area contributed by atoms with Gasteiger partial charge in [0, 0.05) is 10.0 Å². The summed E-state index contributed by atoms with van der Waals surface area (Å²) in [5, 5.41) is 9.95. The summed E-state index contributed by atoms with van der Waals surface area (Å²) in [5.74, 6) is 1.67.